The maximum Gasteiger partial charge on any atom is 0.315 e. The molecule has 1 aromatic rings. The van der Waals surface area contributed by atoms with Crippen LogP contribution < -0.4 is 15.4 Å². The third-order valence-electron chi connectivity index (χ3n) is 1.81. The average Bonchev–Trinajstić information content (AvgIpc) is 2.33. The molecule has 16 heavy (non-hydrogen) atoms. The maximum atomic E-state index is 11.1. The molecule has 0 saturated heterocycles. The first-order valence-electron chi connectivity index (χ1n) is 5.13. The van der Waals surface area contributed by atoms with Crippen molar-refractivity contribution >= 4 is 6.03 Å². The summed E-state index contributed by atoms with van der Waals surface area (Å²) >= 11 is 0. The highest BCUT2D eigenvalue weighted by Crippen LogP contribution is 2.07. The monoisotopic (exact) mass is 220 g/mol. The Morgan fingerprint density at radius 2 is 2.06 bits per heavy atom. The van der Waals surface area contributed by atoms with Gasteiger partial charge in [0, 0.05) is 6.54 Å². The first-order valence-corrected chi connectivity index (χ1v) is 5.13. The van der Waals surface area contributed by atoms with E-state index < -0.39 is 0 Å². The van der Waals surface area contributed by atoms with E-state index in [9.17, 15) is 4.79 Å². The molecular weight excluding hydrogens is 204 g/mol. The number of hydrogen-bond acceptors (Lipinski definition) is 2. The van der Waals surface area contributed by atoms with Gasteiger partial charge < -0.3 is 15.4 Å². The molecule has 4 heteroatoms. The summed E-state index contributed by atoms with van der Waals surface area (Å²) in [5.74, 6) is 0.802. The lowest BCUT2D eigenvalue weighted by Crippen LogP contribution is -2.37. The second kappa shape index (κ2) is 7.34. The molecule has 0 aliphatic rings. The molecule has 1 aromatic carbocycles. The Hall–Kier alpha value is -1.97. The van der Waals surface area contributed by atoms with Crippen LogP contribution in [0.3, 0.4) is 0 Å². The van der Waals surface area contributed by atoms with Gasteiger partial charge in [-0.05, 0) is 12.1 Å². The molecule has 0 fully saturated rings. The molecule has 2 amide bonds. The predicted molar refractivity (Wildman–Crippen MR) is 63.5 cm³/mol. The van der Waals surface area contributed by atoms with Gasteiger partial charge in [-0.15, -0.1) is 6.58 Å². The number of hydrogen-bond donors (Lipinski definition) is 2. The molecule has 0 radical (unpaired) electrons. The van der Waals surface area contributed by atoms with Crippen molar-refractivity contribution < 1.29 is 9.53 Å². The van der Waals surface area contributed by atoms with Gasteiger partial charge in [0.25, 0.3) is 0 Å². The van der Waals surface area contributed by atoms with Crippen LogP contribution in [0.25, 0.3) is 0 Å². The summed E-state index contributed by atoms with van der Waals surface area (Å²) in [7, 11) is 0. The van der Waals surface area contributed by atoms with Crippen LogP contribution in [0.2, 0.25) is 0 Å². The van der Waals surface area contributed by atoms with Crippen LogP contribution in [0, 0.1) is 0 Å². The molecule has 0 spiro atoms. The van der Waals surface area contributed by atoms with Gasteiger partial charge >= 0.3 is 6.03 Å². The summed E-state index contributed by atoms with van der Waals surface area (Å²) in [6, 6.07) is 9.26. The zero-order valence-corrected chi connectivity index (χ0v) is 9.11. The number of carbonyl (C=O) groups excluding carboxylic acids is 1. The van der Waals surface area contributed by atoms with E-state index in [1.54, 1.807) is 6.08 Å². The number of carbonyl (C=O) groups is 1. The number of nitrogens with one attached hydrogen (secondary N) is 2. The quantitative estimate of drug-likeness (QED) is 0.564. The Kier molecular flexibility index (Phi) is 5.55. The Labute approximate surface area is 95.3 Å². The standard InChI is InChI=1S/C12H16N2O2/c1-2-8-13-12(15)14-9-10-16-11-6-4-3-5-7-11/h2-7H,1,8-10H2,(H2,13,14,15). The number of para-hydroxylation sites is 1. The van der Waals surface area contributed by atoms with Crippen molar-refractivity contribution in [2.45, 2.75) is 0 Å². The van der Waals surface area contributed by atoms with Gasteiger partial charge in [0.15, 0.2) is 0 Å². The highest BCUT2D eigenvalue weighted by Gasteiger charge is 1.96. The summed E-state index contributed by atoms with van der Waals surface area (Å²) in [5.41, 5.74) is 0. The van der Waals surface area contributed by atoms with Crippen molar-refractivity contribution in [1.82, 2.24) is 10.6 Å². The Morgan fingerprint density at radius 1 is 1.31 bits per heavy atom. The molecule has 0 bridgehead atoms. The largest absolute Gasteiger partial charge is 0.492 e. The third kappa shape index (κ3) is 5.05. The van der Waals surface area contributed by atoms with E-state index in [1.807, 2.05) is 30.3 Å². The van der Waals surface area contributed by atoms with E-state index >= 15 is 0 Å². The number of rotatable bonds is 6. The molecule has 0 unspecified atom stereocenters. The van der Waals surface area contributed by atoms with E-state index in [-0.39, 0.29) is 6.03 Å². The lowest BCUT2D eigenvalue weighted by atomic mass is 10.3. The van der Waals surface area contributed by atoms with E-state index in [0.717, 1.165) is 5.75 Å². The van der Waals surface area contributed by atoms with Gasteiger partial charge in [-0.25, -0.2) is 4.79 Å². The minimum Gasteiger partial charge on any atom is -0.492 e. The van der Waals surface area contributed by atoms with Gasteiger partial charge in [-0.1, -0.05) is 24.3 Å². The average molecular weight is 220 g/mol. The van der Waals surface area contributed by atoms with Crippen molar-refractivity contribution in [2.24, 2.45) is 0 Å². The summed E-state index contributed by atoms with van der Waals surface area (Å²) < 4.78 is 5.40. The number of benzene rings is 1. The normalized spacial score (nSPS) is 9.25. The van der Waals surface area contributed by atoms with Crippen LogP contribution in [0.4, 0.5) is 4.79 Å². The minimum atomic E-state index is -0.212. The van der Waals surface area contributed by atoms with E-state index in [0.29, 0.717) is 19.7 Å². The topological polar surface area (TPSA) is 50.4 Å². The van der Waals surface area contributed by atoms with Crippen LogP contribution >= 0.6 is 0 Å². The van der Waals surface area contributed by atoms with Gasteiger partial charge in [-0.2, -0.15) is 0 Å². The van der Waals surface area contributed by atoms with Crippen molar-refractivity contribution in [3.05, 3.63) is 43.0 Å². The van der Waals surface area contributed by atoms with Gasteiger partial charge in [-0.3, -0.25) is 0 Å². The summed E-state index contributed by atoms with van der Waals surface area (Å²) in [6.45, 7) is 4.89. The van der Waals surface area contributed by atoms with E-state index in [2.05, 4.69) is 17.2 Å². The lowest BCUT2D eigenvalue weighted by molar-refractivity contribution is 0.237. The highest BCUT2D eigenvalue weighted by molar-refractivity contribution is 5.73. The summed E-state index contributed by atoms with van der Waals surface area (Å²) in [4.78, 5) is 11.1. The number of ether oxygens (including phenoxy) is 1. The Balaban J connectivity index is 2.08. The fraction of sp³-hybridized carbons (Fsp3) is 0.250. The molecule has 0 heterocycles. The van der Waals surface area contributed by atoms with Crippen LogP contribution in [-0.2, 0) is 0 Å². The Bertz CT molecular complexity index is 325. The highest BCUT2D eigenvalue weighted by atomic mass is 16.5. The first-order chi connectivity index (χ1) is 7.83. The van der Waals surface area contributed by atoms with E-state index in [4.69, 9.17) is 4.74 Å². The van der Waals surface area contributed by atoms with E-state index in [1.165, 1.54) is 0 Å². The zero-order valence-electron chi connectivity index (χ0n) is 9.11. The summed E-state index contributed by atoms with van der Waals surface area (Å²) in [6.07, 6.45) is 1.63. The molecule has 0 atom stereocenters. The van der Waals surface area contributed by atoms with Crippen molar-refractivity contribution in [3.8, 4) is 5.75 Å². The van der Waals surface area contributed by atoms with Gasteiger partial charge in [0.2, 0.25) is 0 Å². The first kappa shape index (κ1) is 12.1. The second-order valence-electron chi connectivity index (χ2n) is 3.09. The Morgan fingerprint density at radius 3 is 2.75 bits per heavy atom. The molecule has 0 aromatic heterocycles. The molecule has 2 N–H and O–H groups in total. The van der Waals surface area contributed by atoms with Crippen molar-refractivity contribution in [2.75, 3.05) is 19.7 Å². The molecule has 1 rings (SSSR count). The second-order valence-corrected chi connectivity index (χ2v) is 3.09. The fourth-order valence-electron chi connectivity index (χ4n) is 1.08. The number of amides is 2. The van der Waals surface area contributed by atoms with Crippen LogP contribution in [-0.4, -0.2) is 25.7 Å². The lowest BCUT2D eigenvalue weighted by Gasteiger charge is -2.07. The van der Waals surface area contributed by atoms with Gasteiger partial charge in [0.1, 0.15) is 12.4 Å². The molecular formula is C12H16N2O2. The predicted octanol–water partition coefficient (Wildman–Crippen LogP) is 1.55. The SMILES string of the molecule is C=CCNC(=O)NCCOc1ccccc1. The molecule has 0 saturated carbocycles. The minimum absolute atomic E-state index is 0.212. The van der Waals surface area contributed by atoms with Crippen LogP contribution in [0.15, 0.2) is 43.0 Å². The fourth-order valence-corrected chi connectivity index (χ4v) is 1.08. The van der Waals surface area contributed by atoms with Crippen LogP contribution in [0.5, 0.6) is 5.75 Å². The molecule has 0 aliphatic heterocycles. The van der Waals surface area contributed by atoms with Gasteiger partial charge in [0.05, 0.1) is 6.54 Å². The van der Waals surface area contributed by atoms with Crippen molar-refractivity contribution in [1.29, 1.82) is 0 Å². The van der Waals surface area contributed by atoms with Crippen LogP contribution in [0.1, 0.15) is 0 Å². The zero-order chi connectivity index (χ0) is 11.6. The molecule has 86 valence electrons. The maximum absolute atomic E-state index is 11.1. The molecule has 0 aliphatic carbocycles. The van der Waals surface area contributed by atoms with Crippen molar-refractivity contribution in [3.63, 3.8) is 0 Å². The molecule has 4 nitrogen and oxygen atoms in total. The smallest absolute Gasteiger partial charge is 0.315 e. The number of urea groups is 1. The third-order valence-corrected chi connectivity index (χ3v) is 1.81. The summed E-state index contributed by atoms with van der Waals surface area (Å²) in [5, 5.41) is 5.27.